The molecule has 6 nitrogen and oxygen atoms in total. The summed E-state index contributed by atoms with van der Waals surface area (Å²) >= 11 is 0. The number of aliphatic hydroxyl groups is 1. The van der Waals surface area contributed by atoms with Gasteiger partial charge in [0.05, 0.1) is 17.1 Å². The molecular formula is C14H21NO5S. The van der Waals surface area contributed by atoms with E-state index in [9.17, 15) is 13.2 Å². The normalized spacial score (nSPS) is 11.6. The fourth-order valence-electron chi connectivity index (χ4n) is 1.82. The largest absolute Gasteiger partial charge is 0.462 e. The molecule has 0 aromatic heterocycles. The monoisotopic (exact) mass is 315 g/mol. The van der Waals surface area contributed by atoms with Crippen molar-refractivity contribution in [2.45, 2.75) is 25.2 Å². The third kappa shape index (κ3) is 4.52. The van der Waals surface area contributed by atoms with Crippen LogP contribution < -0.4 is 0 Å². The summed E-state index contributed by atoms with van der Waals surface area (Å²) in [6, 6.07) is 5.65. The number of carbonyl (C=O) groups is 1. The van der Waals surface area contributed by atoms with E-state index in [1.54, 1.807) is 13.8 Å². The molecule has 1 N–H and O–H groups in total. The van der Waals surface area contributed by atoms with E-state index in [2.05, 4.69) is 0 Å². The van der Waals surface area contributed by atoms with Crippen molar-refractivity contribution >= 4 is 16.0 Å². The molecule has 0 amide bonds. The smallest absolute Gasteiger partial charge is 0.338 e. The zero-order valence-electron chi connectivity index (χ0n) is 12.3. The van der Waals surface area contributed by atoms with Gasteiger partial charge in [0.2, 0.25) is 10.0 Å². The molecule has 0 saturated carbocycles. The molecule has 7 heteroatoms. The maximum Gasteiger partial charge on any atom is 0.338 e. The van der Waals surface area contributed by atoms with Gasteiger partial charge in [0.25, 0.3) is 0 Å². The predicted molar refractivity (Wildman–Crippen MR) is 78.5 cm³/mol. The van der Waals surface area contributed by atoms with E-state index in [1.807, 2.05) is 0 Å². The molecule has 0 aliphatic rings. The summed E-state index contributed by atoms with van der Waals surface area (Å²) < 4.78 is 31.0. The highest BCUT2D eigenvalue weighted by atomic mass is 32.2. The van der Waals surface area contributed by atoms with E-state index in [1.165, 1.54) is 28.6 Å². The number of hydrogen-bond donors (Lipinski definition) is 1. The summed E-state index contributed by atoms with van der Waals surface area (Å²) in [6.45, 7) is 4.23. The number of aliphatic hydroxyl groups excluding tert-OH is 1. The summed E-state index contributed by atoms with van der Waals surface area (Å²) in [5, 5.41) is 8.82. The van der Waals surface area contributed by atoms with Crippen molar-refractivity contribution in [1.29, 1.82) is 0 Å². The average molecular weight is 315 g/mol. The van der Waals surface area contributed by atoms with Crippen molar-refractivity contribution in [2.24, 2.45) is 0 Å². The molecule has 0 aliphatic carbocycles. The molecular weight excluding hydrogens is 294 g/mol. The Labute approximate surface area is 125 Å². The predicted octanol–water partition coefficient (Wildman–Crippen LogP) is 1.26. The second-order valence-corrected chi connectivity index (χ2v) is 6.26. The molecule has 0 heterocycles. The molecule has 0 bridgehead atoms. The van der Waals surface area contributed by atoms with Crippen molar-refractivity contribution in [3.8, 4) is 0 Å². The third-order valence-electron chi connectivity index (χ3n) is 2.92. The fourth-order valence-corrected chi connectivity index (χ4v) is 3.31. The quantitative estimate of drug-likeness (QED) is 0.730. The molecule has 1 rings (SSSR count). The first-order valence-electron chi connectivity index (χ1n) is 6.85. The molecule has 21 heavy (non-hydrogen) atoms. The van der Waals surface area contributed by atoms with Crippen LogP contribution in [0.25, 0.3) is 0 Å². The van der Waals surface area contributed by atoms with Gasteiger partial charge in [-0.05, 0) is 37.6 Å². The lowest BCUT2D eigenvalue weighted by Gasteiger charge is -2.20. The molecule has 0 radical (unpaired) electrons. The van der Waals surface area contributed by atoms with Crippen LogP contribution in [0.5, 0.6) is 0 Å². The van der Waals surface area contributed by atoms with E-state index < -0.39 is 16.0 Å². The van der Waals surface area contributed by atoms with Crippen LogP contribution in [0.4, 0.5) is 0 Å². The number of sulfonamides is 1. The van der Waals surface area contributed by atoms with Crippen LogP contribution in [0, 0.1) is 0 Å². The van der Waals surface area contributed by atoms with Gasteiger partial charge in [-0.15, -0.1) is 0 Å². The summed E-state index contributed by atoms with van der Waals surface area (Å²) in [6.07, 6.45) is 0.383. The maximum absolute atomic E-state index is 12.4. The van der Waals surface area contributed by atoms with Gasteiger partial charge >= 0.3 is 5.97 Å². The number of rotatable bonds is 8. The van der Waals surface area contributed by atoms with Crippen LogP contribution in [0.2, 0.25) is 0 Å². The van der Waals surface area contributed by atoms with E-state index in [4.69, 9.17) is 9.84 Å². The lowest BCUT2D eigenvalue weighted by Crippen LogP contribution is -2.32. The molecule has 0 aliphatic heterocycles. The van der Waals surface area contributed by atoms with Gasteiger partial charge < -0.3 is 9.84 Å². The first-order valence-corrected chi connectivity index (χ1v) is 8.29. The SMILES string of the molecule is CCOC(=O)c1ccc(S(=O)(=O)N(CC)CCCO)cc1. The lowest BCUT2D eigenvalue weighted by molar-refractivity contribution is 0.0526. The second-order valence-electron chi connectivity index (χ2n) is 4.32. The Kier molecular flexibility index (Phi) is 6.80. The van der Waals surface area contributed by atoms with Crippen LogP contribution >= 0.6 is 0 Å². The summed E-state index contributed by atoms with van der Waals surface area (Å²) in [5.74, 6) is -0.478. The average Bonchev–Trinajstić information content (AvgIpc) is 2.48. The zero-order valence-corrected chi connectivity index (χ0v) is 13.1. The van der Waals surface area contributed by atoms with Gasteiger partial charge in [-0.2, -0.15) is 4.31 Å². The van der Waals surface area contributed by atoms with E-state index in [0.29, 0.717) is 18.5 Å². The third-order valence-corrected chi connectivity index (χ3v) is 4.91. The van der Waals surface area contributed by atoms with Crippen molar-refractivity contribution in [1.82, 2.24) is 4.31 Å². The van der Waals surface area contributed by atoms with Gasteiger partial charge in [-0.3, -0.25) is 0 Å². The number of ether oxygens (including phenoxy) is 1. The van der Waals surface area contributed by atoms with Crippen LogP contribution in [0.1, 0.15) is 30.6 Å². The minimum atomic E-state index is -3.61. The lowest BCUT2D eigenvalue weighted by atomic mass is 10.2. The minimum absolute atomic E-state index is 0.0617. The highest BCUT2D eigenvalue weighted by molar-refractivity contribution is 7.89. The van der Waals surface area contributed by atoms with Crippen molar-refractivity contribution in [3.05, 3.63) is 29.8 Å². The van der Waals surface area contributed by atoms with Crippen LogP contribution in [-0.4, -0.2) is 50.1 Å². The Morgan fingerprint density at radius 2 is 1.86 bits per heavy atom. The molecule has 0 saturated heterocycles. The van der Waals surface area contributed by atoms with Crippen molar-refractivity contribution < 1.29 is 23.1 Å². The molecule has 0 fully saturated rings. The first-order chi connectivity index (χ1) is 9.97. The zero-order chi connectivity index (χ0) is 15.9. The van der Waals surface area contributed by atoms with E-state index in [0.717, 1.165) is 0 Å². The topological polar surface area (TPSA) is 83.9 Å². The molecule has 0 spiro atoms. The van der Waals surface area contributed by atoms with E-state index >= 15 is 0 Å². The number of benzene rings is 1. The molecule has 118 valence electrons. The van der Waals surface area contributed by atoms with Gasteiger partial charge in [0.15, 0.2) is 0 Å². The Balaban J connectivity index is 2.95. The van der Waals surface area contributed by atoms with Gasteiger partial charge in [0.1, 0.15) is 0 Å². The number of hydrogen-bond acceptors (Lipinski definition) is 5. The van der Waals surface area contributed by atoms with Gasteiger partial charge in [-0.1, -0.05) is 6.92 Å². The van der Waals surface area contributed by atoms with Gasteiger partial charge in [-0.25, -0.2) is 13.2 Å². The fraction of sp³-hybridized carbons (Fsp3) is 0.500. The van der Waals surface area contributed by atoms with E-state index in [-0.39, 0.29) is 24.7 Å². The molecule has 0 atom stereocenters. The van der Waals surface area contributed by atoms with Crippen molar-refractivity contribution in [3.63, 3.8) is 0 Å². The Morgan fingerprint density at radius 1 is 1.24 bits per heavy atom. The van der Waals surface area contributed by atoms with Crippen molar-refractivity contribution in [2.75, 3.05) is 26.3 Å². The summed E-state index contributed by atoms with van der Waals surface area (Å²) in [7, 11) is -3.61. The standard InChI is InChI=1S/C14H21NO5S/c1-3-15(10-5-11-16)21(18,19)13-8-6-12(7-9-13)14(17)20-4-2/h6-9,16H,3-5,10-11H2,1-2H3. The number of carbonyl (C=O) groups excluding carboxylic acids is 1. The highest BCUT2D eigenvalue weighted by Gasteiger charge is 2.22. The summed E-state index contributed by atoms with van der Waals surface area (Å²) in [5.41, 5.74) is 0.314. The first kappa shape index (κ1) is 17.6. The Morgan fingerprint density at radius 3 is 2.33 bits per heavy atom. The van der Waals surface area contributed by atoms with Crippen LogP contribution in [-0.2, 0) is 14.8 Å². The minimum Gasteiger partial charge on any atom is -0.462 e. The Bertz CT molecular complexity index is 553. The second kappa shape index (κ2) is 8.11. The molecule has 1 aromatic carbocycles. The van der Waals surface area contributed by atoms with Gasteiger partial charge in [0, 0.05) is 19.7 Å². The highest BCUT2D eigenvalue weighted by Crippen LogP contribution is 2.17. The molecule has 1 aromatic rings. The van der Waals surface area contributed by atoms with Crippen LogP contribution in [0.15, 0.2) is 29.2 Å². The molecule has 0 unspecified atom stereocenters. The Hall–Kier alpha value is -1.44. The maximum atomic E-state index is 12.4. The number of nitrogens with zero attached hydrogens (tertiary/aromatic N) is 1. The number of esters is 1. The summed E-state index contributed by atoms with van der Waals surface area (Å²) in [4.78, 5) is 11.6. The van der Waals surface area contributed by atoms with Crippen LogP contribution in [0.3, 0.4) is 0 Å².